The third-order valence-corrected chi connectivity index (χ3v) is 8.98. The number of aromatic nitrogens is 3. The number of aryl methyl sites for hydroxylation is 1. The van der Waals surface area contributed by atoms with Crippen molar-refractivity contribution in [2.45, 2.75) is 37.5 Å². The average Bonchev–Trinajstić information content (AvgIpc) is 3.53. The Morgan fingerprint density at radius 2 is 1.68 bits per heavy atom. The van der Waals surface area contributed by atoms with Gasteiger partial charge in [0, 0.05) is 50.1 Å². The number of hydrogen-bond donors (Lipinski definition) is 0. The summed E-state index contributed by atoms with van der Waals surface area (Å²) in [4.78, 5) is 27.6. The second-order valence-electron chi connectivity index (χ2n) is 8.75. The van der Waals surface area contributed by atoms with Gasteiger partial charge in [0.15, 0.2) is 5.82 Å². The summed E-state index contributed by atoms with van der Waals surface area (Å²) in [6.45, 7) is 3.20. The van der Waals surface area contributed by atoms with Gasteiger partial charge in [-0.15, -0.1) is 0 Å². The van der Waals surface area contributed by atoms with Crippen LogP contribution in [-0.2, 0) is 14.8 Å². The third-order valence-electron chi connectivity index (χ3n) is 6.98. The van der Waals surface area contributed by atoms with E-state index in [1.165, 1.54) is 36.2 Å². The quantitative estimate of drug-likeness (QED) is 0.721. The highest BCUT2D eigenvalue weighted by Gasteiger charge is 2.56. The van der Waals surface area contributed by atoms with Crippen molar-refractivity contribution < 1.29 is 13.2 Å². The molecule has 2 unspecified atom stereocenters. The molecule has 2 saturated carbocycles. The minimum Gasteiger partial charge on any atom is -0.340 e. The van der Waals surface area contributed by atoms with Crippen LogP contribution in [0.3, 0.4) is 0 Å². The Balaban J connectivity index is 1.26. The van der Waals surface area contributed by atoms with E-state index in [9.17, 15) is 13.2 Å². The number of sulfonamides is 1. The van der Waals surface area contributed by atoms with Crippen molar-refractivity contribution in [3.05, 3.63) is 36.4 Å². The van der Waals surface area contributed by atoms with Crippen LogP contribution in [0, 0.1) is 24.7 Å². The van der Waals surface area contributed by atoms with Gasteiger partial charge in [-0.25, -0.2) is 18.4 Å². The normalized spacial score (nSPS) is 26.4. The van der Waals surface area contributed by atoms with E-state index in [1.54, 1.807) is 31.5 Å². The summed E-state index contributed by atoms with van der Waals surface area (Å²) in [5.41, 5.74) is 1.21. The van der Waals surface area contributed by atoms with Crippen molar-refractivity contribution in [1.29, 1.82) is 0 Å². The molecule has 3 fully saturated rings. The third kappa shape index (κ3) is 3.74. The minimum atomic E-state index is -3.71. The summed E-state index contributed by atoms with van der Waals surface area (Å²) in [6, 6.07) is 3.57. The van der Waals surface area contributed by atoms with Crippen molar-refractivity contribution in [2.75, 3.05) is 26.2 Å². The predicted octanol–water partition coefficient (Wildman–Crippen LogP) is 2.12. The first-order valence-electron chi connectivity index (χ1n) is 11.0. The topological polar surface area (TPSA) is 96.4 Å². The molecule has 1 amide bonds. The number of rotatable bonds is 4. The second kappa shape index (κ2) is 7.94. The van der Waals surface area contributed by atoms with Gasteiger partial charge in [-0.1, -0.05) is 12.8 Å². The second-order valence-corrected chi connectivity index (χ2v) is 10.7. The van der Waals surface area contributed by atoms with E-state index >= 15 is 0 Å². The molecule has 31 heavy (non-hydrogen) atoms. The fourth-order valence-corrected chi connectivity index (χ4v) is 6.73. The SMILES string of the molecule is Cc1nc(-c2ccncc2)ncc1S(=O)(=O)N1CCN(C(=O)C2C3CCCCC32)CC1. The van der Waals surface area contributed by atoms with Gasteiger partial charge in [-0.3, -0.25) is 9.78 Å². The lowest BCUT2D eigenvalue weighted by atomic mass is 10.0. The Kier molecular flexibility index (Phi) is 5.26. The summed E-state index contributed by atoms with van der Waals surface area (Å²) >= 11 is 0. The van der Waals surface area contributed by atoms with Gasteiger partial charge in [0.05, 0.1) is 11.9 Å². The minimum absolute atomic E-state index is 0.123. The molecule has 3 aliphatic rings. The first-order chi connectivity index (χ1) is 15.0. The molecular formula is C22H27N5O3S. The summed E-state index contributed by atoms with van der Waals surface area (Å²) in [7, 11) is -3.71. The summed E-state index contributed by atoms with van der Waals surface area (Å²) in [6.07, 6.45) is 9.50. The van der Waals surface area contributed by atoms with Crippen LogP contribution < -0.4 is 0 Å². The van der Waals surface area contributed by atoms with Gasteiger partial charge in [-0.05, 0) is 43.7 Å². The Morgan fingerprint density at radius 1 is 1.03 bits per heavy atom. The predicted molar refractivity (Wildman–Crippen MR) is 114 cm³/mol. The van der Waals surface area contributed by atoms with Crippen molar-refractivity contribution in [3.63, 3.8) is 0 Å². The van der Waals surface area contributed by atoms with E-state index in [2.05, 4.69) is 15.0 Å². The Bertz CT molecular complexity index is 1070. The zero-order valence-electron chi connectivity index (χ0n) is 17.6. The molecule has 0 spiro atoms. The molecule has 2 aliphatic carbocycles. The first kappa shape index (κ1) is 20.5. The van der Waals surface area contributed by atoms with Crippen LogP contribution in [0.4, 0.5) is 0 Å². The van der Waals surface area contributed by atoms with Crippen molar-refractivity contribution in [1.82, 2.24) is 24.2 Å². The molecule has 5 rings (SSSR count). The van der Waals surface area contributed by atoms with Crippen LogP contribution in [0.1, 0.15) is 31.4 Å². The Morgan fingerprint density at radius 3 is 2.29 bits per heavy atom. The molecule has 0 aromatic carbocycles. The smallest absolute Gasteiger partial charge is 0.246 e. The van der Waals surface area contributed by atoms with Crippen LogP contribution in [0.25, 0.3) is 11.4 Å². The number of fused-ring (bicyclic) bond motifs is 1. The zero-order valence-corrected chi connectivity index (χ0v) is 18.5. The monoisotopic (exact) mass is 441 g/mol. The van der Waals surface area contributed by atoms with Crippen molar-refractivity contribution >= 4 is 15.9 Å². The van der Waals surface area contributed by atoms with Crippen LogP contribution in [0.15, 0.2) is 35.6 Å². The molecule has 0 radical (unpaired) electrons. The van der Waals surface area contributed by atoms with Crippen LogP contribution in [0.5, 0.6) is 0 Å². The summed E-state index contributed by atoms with van der Waals surface area (Å²) < 4.78 is 27.9. The number of pyridine rings is 1. The molecule has 0 bridgehead atoms. The van der Waals surface area contributed by atoms with E-state index in [0.29, 0.717) is 49.5 Å². The van der Waals surface area contributed by atoms with E-state index in [4.69, 9.17) is 0 Å². The number of piperazine rings is 1. The van der Waals surface area contributed by atoms with E-state index in [1.807, 2.05) is 4.90 Å². The Hall–Kier alpha value is -2.39. The number of carbonyl (C=O) groups excluding carboxylic acids is 1. The molecule has 9 heteroatoms. The van der Waals surface area contributed by atoms with Gasteiger partial charge in [-0.2, -0.15) is 4.31 Å². The van der Waals surface area contributed by atoms with Gasteiger partial charge < -0.3 is 4.90 Å². The van der Waals surface area contributed by atoms with E-state index in [-0.39, 0.29) is 16.7 Å². The number of carbonyl (C=O) groups is 1. The Labute approximate surface area is 182 Å². The average molecular weight is 442 g/mol. The van der Waals surface area contributed by atoms with Gasteiger partial charge in [0.1, 0.15) is 4.90 Å². The number of amides is 1. The molecule has 3 heterocycles. The van der Waals surface area contributed by atoms with Gasteiger partial charge >= 0.3 is 0 Å². The van der Waals surface area contributed by atoms with Crippen LogP contribution in [-0.4, -0.2) is 64.7 Å². The molecule has 164 valence electrons. The fourth-order valence-electron chi connectivity index (χ4n) is 5.21. The van der Waals surface area contributed by atoms with E-state index < -0.39 is 10.0 Å². The maximum absolute atomic E-state index is 13.2. The maximum atomic E-state index is 13.2. The number of nitrogens with zero attached hydrogens (tertiary/aromatic N) is 5. The van der Waals surface area contributed by atoms with Crippen molar-refractivity contribution in [2.24, 2.45) is 17.8 Å². The highest BCUT2D eigenvalue weighted by atomic mass is 32.2. The van der Waals surface area contributed by atoms with Gasteiger partial charge in [0.2, 0.25) is 15.9 Å². The van der Waals surface area contributed by atoms with Crippen molar-refractivity contribution in [3.8, 4) is 11.4 Å². The largest absolute Gasteiger partial charge is 0.340 e. The first-order valence-corrected chi connectivity index (χ1v) is 12.4. The highest BCUT2D eigenvalue weighted by Crippen LogP contribution is 2.56. The summed E-state index contributed by atoms with van der Waals surface area (Å²) in [5, 5.41) is 0. The van der Waals surface area contributed by atoms with E-state index in [0.717, 1.165) is 5.56 Å². The molecule has 2 atom stereocenters. The molecule has 2 aromatic rings. The highest BCUT2D eigenvalue weighted by molar-refractivity contribution is 7.89. The lowest BCUT2D eigenvalue weighted by molar-refractivity contribution is -0.134. The molecule has 2 aromatic heterocycles. The van der Waals surface area contributed by atoms with Crippen LogP contribution in [0.2, 0.25) is 0 Å². The molecule has 1 saturated heterocycles. The molecule has 0 N–H and O–H groups in total. The number of hydrogen-bond acceptors (Lipinski definition) is 6. The van der Waals surface area contributed by atoms with Crippen LogP contribution >= 0.6 is 0 Å². The fraction of sp³-hybridized carbons (Fsp3) is 0.545. The lowest BCUT2D eigenvalue weighted by Gasteiger charge is -2.34. The summed E-state index contributed by atoms with van der Waals surface area (Å²) in [5.74, 6) is 2.03. The maximum Gasteiger partial charge on any atom is 0.246 e. The molecule has 1 aliphatic heterocycles. The zero-order chi connectivity index (χ0) is 21.6. The standard InChI is InChI=1S/C22H27N5O3S/c1-15-19(14-24-21(25-15)16-6-8-23-9-7-16)31(29,30)27-12-10-26(11-13-27)22(28)20-17-4-2-3-5-18(17)20/h6-9,14,17-18,20H,2-5,10-13H2,1H3. The molecule has 8 nitrogen and oxygen atoms in total. The van der Waals surface area contributed by atoms with Gasteiger partial charge in [0.25, 0.3) is 0 Å². The lowest BCUT2D eigenvalue weighted by Crippen LogP contribution is -2.51. The molecular weight excluding hydrogens is 414 g/mol.